The molecule has 0 spiro atoms. The van der Waals surface area contributed by atoms with Crippen molar-refractivity contribution in [2.75, 3.05) is 37.5 Å². The number of allylic oxidation sites excluding steroid dienone is 1. The molecule has 1 fully saturated rings. The number of aromatic nitrogens is 4. The largest absolute Gasteiger partial charge is 0.378 e. The van der Waals surface area contributed by atoms with E-state index in [1.165, 1.54) is 0 Å². The van der Waals surface area contributed by atoms with Crippen molar-refractivity contribution in [3.63, 3.8) is 0 Å². The van der Waals surface area contributed by atoms with Gasteiger partial charge in [-0.05, 0) is 24.8 Å². The van der Waals surface area contributed by atoms with Crippen molar-refractivity contribution in [3.8, 4) is 11.4 Å². The molecular weight excluding hydrogens is 358 g/mol. The lowest BCUT2D eigenvalue weighted by atomic mass is 10.1. The Morgan fingerprint density at radius 1 is 1.26 bits per heavy atom. The second kappa shape index (κ2) is 8.10. The first kappa shape index (κ1) is 18.0. The van der Waals surface area contributed by atoms with Crippen LogP contribution in [0, 0.1) is 0 Å². The molecule has 2 aromatic heterocycles. The van der Waals surface area contributed by atoms with Crippen molar-refractivity contribution < 1.29 is 4.74 Å². The molecule has 1 saturated heterocycles. The molecule has 1 aliphatic rings. The number of morpholine rings is 1. The first-order valence-corrected chi connectivity index (χ1v) is 10.4. The second-order valence-electron chi connectivity index (χ2n) is 6.34. The number of H-pyrrole nitrogens is 1. The first-order valence-electron chi connectivity index (χ1n) is 9.19. The molecule has 140 valence electrons. The lowest BCUT2D eigenvalue weighted by molar-refractivity contribution is 0.122. The zero-order chi connectivity index (χ0) is 18.6. The molecule has 27 heavy (non-hydrogen) atoms. The number of nitrogens with one attached hydrogen (secondary N) is 1. The smallest absolute Gasteiger partial charge is 0.162 e. The third-order valence-electron chi connectivity index (χ3n) is 4.63. The van der Waals surface area contributed by atoms with Crippen molar-refractivity contribution in [2.45, 2.75) is 18.2 Å². The van der Waals surface area contributed by atoms with Crippen LogP contribution >= 0.6 is 11.8 Å². The third kappa shape index (κ3) is 3.57. The molecule has 3 heterocycles. The maximum atomic E-state index is 5.53. The Morgan fingerprint density at radius 2 is 2.11 bits per heavy atom. The molecule has 0 radical (unpaired) electrons. The van der Waals surface area contributed by atoms with E-state index in [1.54, 1.807) is 11.8 Å². The summed E-state index contributed by atoms with van der Waals surface area (Å²) >= 11 is 1.70. The minimum Gasteiger partial charge on any atom is -0.378 e. The molecule has 1 aliphatic heterocycles. The van der Waals surface area contributed by atoms with Crippen molar-refractivity contribution >= 4 is 34.6 Å². The Bertz CT molecular complexity index is 962. The maximum absolute atomic E-state index is 5.53. The number of fused-ring (bicyclic) bond motifs is 1. The third-order valence-corrected chi connectivity index (χ3v) is 5.43. The molecule has 6 nitrogen and oxygen atoms in total. The van der Waals surface area contributed by atoms with Crippen molar-refractivity contribution in [1.29, 1.82) is 0 Å². The van der Waals surface area contributed by atoms with Crippen LogP contribution in [0.1, 0.15) is 19.0 Å². The lowest BCUT2D eigenvalue weighted by Crippen LogP contribution is -2.37. The van der Waals surface area contributed by atoms with Crippen LogP contribution in [0.2, 0.25) is 0 Å². The van der Waals surface area contributed by atoms with E-state index < -0.39 is 0 Å². The Balaban J connectivity index is 1.91. The van der Waals surface area contributed by atoms with Gasteiger partial charge in [-0.3, -0.25) is 5.10 Å². The standard InChI is InChI=1S/C20H23N5OS/c1-3-4-7-17-18(27-2)20(25-9-11-26-12-10-25)23-19(22-17)14-6-5-8-16-15(14)13-21-24-16/h4-8,13H,3,9-12H2,1-2H3,(H,21,24)/b7-4+. The zero-order valence-corrected chi connectivity index (χ0v) is 16.4. The molecule has 0 unspecified atom stereocenters. The molecule has 0 saturated carbocycles. The fourth-order valence-corrected chi connectivity index (χ4v) is 3.95. The molecule has 7 heteroatoms. The van der Waals surface area contributed by atoms with Crippen LogP contribution in [0.25, 0.3) is 28.4 Å². The van der Waals surface area contributed by atoms with Gasteiger partial charge in [-0.15, -0.1) is 11.8 Å². The van der Waals surface area contributed by atoms with E-state index in [9.17, 15) is 0 Å². The number of thioether (sulfide) groups is 1. The van der Waals surface area contributed by atoms with Gasteiger partial charge in [-0.25, -0.2) is 9.97 Å². The highest BCUT2D eigenvalue weighted by molar-refractivity contribution is 7.98. The summed E-state index contributed by atoms with van der Waals surface area (Å²) in [6.45, 7) is 5.27. The van der Waals surface area contributed by atoms with Gasteiger partial charge >= 0.3 is 0 Å². The first-order chi connectivity index (χ1) is 13.3. The summed E-state index contributed by atoms with van der Waals surface area (Å²) in [4.78, 5) is 13.3. The van der Waals surface area contributed by atoms with Gasteiger partial charge in [0.15, 0.2) is 5.82 Å². The number of hydrogen-bond acceptors (Lipinski definition) is 6. The number of rotatable bonds is 5. The van der Waals surface area contributed by atoms with E-state index in [0.717, 1.165) is 71.4 Å². The van der Waals surface area contributed by atoms with Crippen molar-refractivity contribution in [2.24, 2.45) is 0 Å². The fraction of sp³-hybridized carbons (Fsp3) is 0.350. The predicted octanol–water partition coefficient (Wildman–Crippen LogP) is 4.00. The Kier molecular flexibility index (Phi) is 5.40. The van der Waals surface area contributed by atoms with Gasteiger partial charge in [0.05, 0.1) is 35.5 Å². The Morgan fingerprint density at radius 3 is 2.89 bits per heavy atom. The minimum atomic E-state index is 0.727. The maximum Gasteiger partial charge on any atom is 0.162 e. The number of benzene rings is 1. The zero-order valence-electron chi connectivity index (χ0n) is 15.6. The molecule has 0 atom stereocenters. The summed E-state index contributed by atoms with van der Waals surface area (Å²) in [7, 11) is 0. The summed E-state index contributed by atoms with van der Waals surface area (Å²) in [6.07, 6.45) is 9.15. The molecule has 1 N–H and O–H groups in total. The van der Waals surface area contributed by atoms with Crippen LogP contribution in [0.5, 0.6) is 0 Å². The summed E-state index contributed by atoms with van der Waals surface area (Å²) < 4.78 is 5.53. The van der Waals surface area contributed by atoms with E-state index in [2.05, 4.69) is 46.5 Å². The molecule has 0 bridgehead atoms. The van der Waals surface area contributed by atoms with E-state index in [1.807, 2.05) is 18.3 Å². The van der Waals surface area contributed by atoms with Crippen LogP contribution < -0.4 is 4.90 Å². The van der Waals surface area contributed by atoms with Gasteiger partial charge in [0.25, 0.3) is 0 Å². The number of nitrogens with zero attached hydrogens (tertiary/aromatic N) is 4. The monoisotopic (exact) mass is 381 g/mol. The van der Waals surface area contributed by atoms with Crippen molar-refractivity contribution in [1.82, 2.24) is 20.2 Å². The average Bonchev–Trinajstić information content (AvgIpc) is 3.21. The van der Waals surface area contributed by atoms with Gasteiger partial charge in [-0.2, -0.15) is 5.10 Å². The number of aromatic amines is 1. The van der Waals surface area contributed by atoms with E-state index in [0.29, 0.717) is 0 Å². The quantitative estimate of drug-likeness (QED) is 0.674. The van der Waals surface area contributed by atoms with Crippen molar-refractivity contribution in [3.05, 3.63) is 36.2 Å². The molecular formula is C20H23N5OS. The SMILES string of the molecule is CC/C=C/c1nc(-c2cccc3[nH]ncc23)nc(N2CCOCC2)c1SC. The van der Waals surface area contributed by atoms with Crippen LogP contribution in [0.3, 0.4) is 0 Å². The topological polar surface area (TPSA) is 66.9 Å². The van der Waals surface area contributed by atoms with E-state index in [-0.39, 0.29) is 0 Å². The second-order valence-corrected chi connectivity index (χ2v) is 7.15. The normalized spacial score (nSPS) is 15.1. The summed E-state index contributed by atoms with van der Waals surface area (Å²) in [5, 5.41) is 8.24. The van der Waals surface area contributed by atoms with Crippen LogP contribution in [-0.4, -0.2) is 52.7 Å². The lowest BCUT2D eigenvalue weighted by Gasteiger charge is -2.30. The Labute approximate surface area is 163 Å². The minimum absolute atomic E-state index is 0.727. The summed E-state index contributed by atoms with van der Waals surface area (Å²) in [5.74, 6) is 1.73. The average molecular weight is 382 g/mol. The van der Waals surface area contributed by atoms with E-state index >= 15 is 0 Å². The van der Waals surface area contributed by atoms with Gasteiger partial charge in [0, 0.05) is 24.0 Å². The molecule has 4 rings (SSSR count). The number of ether oxygens (including phenoxy) is 1. The highest BCUT2D eigenvalue weighted by atomic mass is 32.2. The van der Waals surface area contributed by atoms with Crippen LogP contribution in [0.15, 0.2) is 35.4 Å². The molecule has 0 amide bonds. The number of anilines is 1. The Hall–Kier alpha value is -2.38. The highest BCUT2D eigenvalue weighted by Gasteiger charge is 2.21. The van der Waals surface area contributed by atoms with Crippen LogP contribution in [0.4, 0.5) is 5.82 Å². The fourth-order valence-electron chi connectivity index (χ4n) is 3.27. The number of hydrogen-bond donors (Lipinski definition) is 1. The highest BCUT2D eigenvalue weighted by Crippen LogP contribution is 2.34. The molecule has 1 aromatic carbocycles. The molecule has 3 aromatic rings. The van der Waals surface area contributed by atoms with Gasteiger partial charge in [0.2, 0.25) is 0 Å². The van der Waals surface area contributed by atoms with Gasteiger partial charge in [-0.1, -0.05) is 25.1 Å². The van der Waals surface area contributed by atoms with Crippen LogP contribution in [-0.2, 0) is 4.74 Å². The predicted molar refractivity (Wildman–Crippen MR) is 111 cm³/mol. The van der Waals surface area contributed by atoms with Gasteiger partial charge in [0.1, 0.15) is 5.82 Å². The van der Waals surface area contributed by atoms with Gasteiger partial charge < -0.3 is 9.64 Å². The summed E-state index contributed by atoms with van der Waals surface area (Å²) in [5.41, 5.74) is 2.95. The summed E-state index contributed by atoms with van der Waals surface area (Å²) in [6, 6.07) is 6.09. The van der Waals surface area contributed by atoms with E-state index in [4.69, 9.17) is 14.7 Å². The molecule has 0 aliphatic carbocycles.